The summed E-state index contributed by atoms with van der Waals surface area (Å²) in [7, 11) is 0. The lowest BCUT2D eigenvalue weighted by Crippen LogP contribution is -2.42. The van der Waals surface area contributed by atoms with Gasteiger partial charge in [0.2, 0.25) is 0 Å². The van der Waals surface area contributed by atoms with E-state index in [4.69, 9.17) is 4.74 Å². The van der Waals surface area contributed by atoms with Gasteiger partial charge >= 0.3 is 0 Å². The van der Waals surface area contributed by atoms with Crippen molar-refractivity contribution >= 4 is 10.8 Å². The van der Waals surface area contributed by atoms with E-state index in [1.165, 1.54) is 47.6 Å². The predicted molar refractivity (Wildman–Crippen MR) is 106 cm³/mol. The Hall–Kier alpha value is -2.32. The molecule has 26 heavy (non-hydrogen) atoms. The van der Waals surface area contributed by atoms with E-state index in [9.17, 15) is 0 Å². The summed E-state index contributed by atoms with van der Waals surface area (Å²) in [5.41, 5.74) is 2.70. The van der Waals surface area contributed by atoms with Crippen LogP contribution in [0.1, 0.15) is 49.3 Å². The molecule has 2 aliphatic rings. The number of ether oxygens (including phenoxy) is 1. The molecule has 1 atom stereocenters. The molecule has 1 unspecified atom stereocenters. The maximum absolute atomic E-state index is 6.48. The molecule has 1 aliphatic carbocycles. The molecule has 0 radical (unpaired) electrons. The average molecular weight is 343 g/mol. The summed E-state index contributed by atoms with van der Waals surface area (Å²) in [5, 5.41) is 6.44. The number of nitrogens with one attached hydrogen (secondary N) is 1. The Morgan fingerprint density at radius 2 is 1.65 bits per heavy atom. The third-order valence-electron chi connectivity index (χ3n) is 6.08. The lowest BCUT2D eigenvalue weighted by molar-refractivity contribution is 0.0364. The largest absolute Gasteiger partial charge is 0.487 e. The molecule has 1 heterocycles. The Bertz CT molecular complexity index is 926. The zero-order valence-electron chi connectivity index (χ0n) is 15.1. The molecule has 2 nitrogen and oxygen atoms in total. The second-order valence-corrected chi connectivity index (χ2v) is 7.85. The zero-order valence-corrected chi connectivity index (χ0v) is 15.1. The molecule has 0 saturated heterocycles. The van der Waals surface area contributed by atoms with Crippen LogP contribution in [0.3, 0.4) is 0 Å². The lowest BCUT2D eigenvalue weighted by Gasteiger charge is -2.40. The highest BCUT2D eigenvalue weighted by molar-refractivity contribution is 5.82. The number of para-hydroxylation sites is 1. The summed E-state index contributed by atoms with van der Waals surface area (Å²) in [6, 6.07) is 24.3. The average Bonchev–Trinajstić information content (AvgIpc) is 3.13. The second kappa shape index (κ2) is 6.44. The molecule has 3 aromatic rings. The van der Waals surface area contributed by atoms with Gasteiger partial charge in [0.25, 0.3) is 0 Å². The van der Waals surface area contributed by atoms with Crippen LogP contribution >= 0.6 is 0 Å². The van der Waals surface area contributed by atoms with Crippen molar-refractivity contribution in [2.75, 3.05) is 0 Å². The van der Waals surface area contributed by atoms with Gasteiger partial charge in [-0.2, -0.15) is 0 Å². The third kappa shape index (κ3) is 2.89. The Morgan fingerprint density at radius 3 is 2.54 bits per heavy atom. The van der Waals surface area contributed by atoms with Gasteiger partial charge in [0, 0.05) is 24.6 Å². The molecular weight excluding hydrogens is 318 g/mol. The molecule has 132 valence electrons. The Labute approximate surface area is 155 Å². The van der Waals surface area contributed by atoms with Crippen molar-refractivity contribution in [3.05, 3.63) is 77.9 Å². The summed E-state index contributed by atoms with van der Waals surface area (Å²) in [6.45, 7) is 0.889. The number of hydrogen-bond donors (Lipinski definition) is 1. The van der Waals surface area contributed by atoms with Crippen LogP contribution in [-0.2, 0) is 6.54 Å². The number of rotatable bonds is 3. The van der Waals surface area contributed by atoms with E-state index in [0.29, 0.717) is 6.04 Å². The van der Waals surface area contributed by atoms with Crippen LogP contribution in [-0.4, -0.2) is 5.60 Å². The lowest BCUT2D eigenvalue weighted by atomic mass is 9.86. The molecule has 0 aromatic heterocycles. The van der Waals surface area contributed by atoms with Gasteiger partial charge in [-0.05, 0) is 54.2 Å². The summed E-state index contributed by atoms with van der Waals surface area (Å²) in [5.74, 6) is 1.08. The predicted octanol–water partition coefficient (Wildman–Crippen LogP) is 5.77. The van der Waals surface area contributed by atoms with E-state index in [2.05, 4.69) is 72.0 Å². The summed E-state index contributed by atoms with van der Waals surface area (Å²) < 4.78 is 6.48. The molecule has 1 N–H and O–H groups in total. The molecule has 1 aliphatic heterocycles. The number of fused-ring (bicyclic) bond motifs is 2. The quantitative estimate of drug-likeness (QED) is 0.652. The van der Waals surface area contributed by atoms with E-state index in [1.807, 2.05) is 0 Å². The second-order valence-electron chi connectivity index (χ2n) is 7.85. The summed E-state index contributed by atoms with van der Waals surface area (Å²) in [6.07, 6.45) is 6.04. The zero-order chi connectivity index (χ0) is 17.4. The number of benzene rings is 3. The van der Waals surface area contributed by atoms with Gasteiger partial charge in [0.05, 0.1) is 0 Å². The van der Waals surface area contributed by atoms with Crippen molar-refractivity contribution in [2.45, 2.75) is 50.3 Å². The minimum atomic E-state index is 0.0510. The topological polar surface area (TPSA) is 21.3 Å². The first-order valence-corrected chi connectivity index (χ1v) is 9.80. The van der Waals surface area contributed by atoms with Crippen molar-refractivity contribution in [1.29, 1.82) is 0 Å². The highest BCUT2D eigenvalue weighted by atomic mass is 16.5. The minimum absolute atomic E-state index is 0.0510. The highest BCUT2D eigenvalue weighted by Crippen LogP contribution is 2.47. The molecule has 0 amide bonds. The van der Waals surface area contributed by atoms with Crippen molar-refractivity contribution in [2.24, 2.45) is 0 Å². The molecule has 0 bridgehead atoms. The standard InChI is InChI=1S/C24H25NO/c1-2-8-20-15-18(11-12-19(20)7-1)17-25-22-16-24(13-5-6-14-24)26-23-10-4-3-9-21(22)23/h1-4,7-12,15,22,25H,5-6,13-14,16-17H2. The highest BCUT2D eigenvalue weighted by Gasteiger charge is 2.42. The fourth-order valence-corrected chi connectivity index (χ4v) is 4.72. The molecule has 5 rings (SSSR count). The van der Waals surface area contributed by atoms with Crippen molar-refractivity contribution in [1.82, 2.24) is 5.32 Å². The van der Waals surface area contributed by atoms with Gasteiger partial charge < -0.3 is 10.1 Å². The van der Waals surface area contributed by atoms with Crippen molar-refractivity contribution in [3.8, 4) is 5.75 Å². The van der Waals surface area contributed by atoms with E-state index >= 15 is 0 Å². The normalized spacial score (nSPS) is 20.8. The summed E-state index contributed by atoms with van der Waals surface area (Å²) >= 11 is 0. The SMILES string of the molecule is c1ccc2c(c1)OC1(CCCC1)CC2NCc1ccc2ccccc2c1. The Balaban J connectivity index is 1.39. The van der Waals surface area contributed by atoms with Gasteiger partial charge in [-0.1, -0.05) is 54.6 Å². The van der Waals surface area contributed by atoms with E-state index in [1.54, 1.807) is 0 Å². The van der Waals surface area contributed by atoms with Crippen LogP contribution in [0, 0.1) is 0 Å². The number of hydrogen-bond acceptors (Lipinski definition) is 2. The van der Waals surface area contributed by atoms with Gasteiger partial charge in [-0.3, -0.25) is 0 Å². The molecular formula is C24H25NO. The Kier molecular flexibility index (Phi) is 3.94. The smallest absolute Gasteiger partial charge is 0.124 e. The maximum Gasteiger partial charge on any atom is 0.124 e. The Morgan fingerprint density at radius 1 is 0.885 bits per heavy atom. The van der Waals surface area contributed by atoms with E-state index < -0.39 is 0 Å². The van der Waals surface area contributed by atoms with Gasteiger partial charge in [-0.25, -0.2) is 0 Å². The first-order valence-electron chi connectivity index (χ1n) is 9.80. The van der Waals surface area contributed by atoms with Gasteiger partial charge in [0.1, 0.15) is 11.4 Å². The van der Waals surface area contributed by atoms with Crippen LogP contribution in [0.4, 0.5) is 0 Å². The third-order valence-corrected chi connectivity index (χ3v) is 6.08. The minimum Gasteiger partial charge on any atom is -0.487 e. The first kappa shape index (κ1) is 15.9. The van der Waals surface area contributed by atoms with Crippen molar-refractivity contribution < 1.29 is 4.74 Å². The van der Waals surface area contributed by atoms with Crippen LogP contribution in [0.5, 0.6) is 5.75 Å². The maximum atomic E-state index is 6.48. The van der Waals surface area contributed by atoms with Crippen LogP contribution < -0.4 is 10.1 Å². The molecule has 1 spiro atoms. The van der Waals surface area contributed by atoms with Crippen LogP contribution in [0.2, 0.25) is 0 Å². The fraction of sp³-hybridized carbons (Fsp3) is 0.333. The molecule has 1 fully saturated rings. The van der Waals surface area contributed by atoms with Gasteiger partial charge in [-0.15, -0.1) is 0 Å². The first-order chi connectivity index (χ1) is 12.8. The van der Waals surface area contributed by atoms with Crippen molar-refractivity contribution in [3.63, 3.8) is 0 Å². The molecule has 2 heteroatoms. The van der Waals surface area contributed by atoms with E-state index in [0.717, 1.165) is 18.7 Å². The van der Waals surface area contributed by atoms with E-state index in [-0.39, 0.29) is 5.60 Å². The van der Waals surface area contributed by atoms with Crippen LogP contribution in [0.25, 0.3) is 10.8 Å². The fourth-order valence-electron chi connectivity index (χ4n) is 4.72. The van der Waals surface area contributed by atoms with Crippen LogP contribution in [0.15, 0.2) is 66.7 Å². The molecule has 3 aromatic carbocycles. The monoisotopic (exact) mass is 343 g/mol. The molecule has 1 saturated carbocycles. The summed E-state index contributed by atoms with van der Waals surface area (Å²) in [4.78, 5) is 0. The van der Waals surface area contributed by atoms with Gasteiger partial charge in [0.15, 0.2) is 0 Å².